The number of piperazine rings is 1. The number of fused-ring (bicyclic) bond motifs is 2. The molecule has 2 aromatic rings. The number of rotatable bonds is 3. The van der Waals surface area contributed by atoms with Crippen LogP contribution >= 0.6 is 0 Å². The van der Waals surface area contributed by atoms with E-state index in [4.69, 9.17) is 0 Å². The van der Waals surface area contributed by atoms with Gasteiger partial charge in [0, 0.05) is 50.5 Å². The zero-order valence-corrected chi connectivity index (χ0v) is 18.5. The molecule has 0 saturated carbocycles. The molecule has 1 atom stereocenters. The van der Waals surface area contributed by atoms with Crippen molar-refractivity contribution in [1.82, 2.24) is 9.80 Å². The molecule has 2 amide bonds. The van der Waals surface area contributed by atoms with Crippen LogP contribution in [0.3, 0.4) is 0 Å². The SMILES string of the molecule is CCN1c2cc(C(=O)N3CCN(c4ccc(F)cc4)CC3)ccc2C(=O)N2CCCC[C@H]21. The number of benzene rings is 2. The molecule has 7 heteroatoms. The van der Waals surface area contributed by atoms with E-state index in [-0.39, 0.29) is 23.8 Å². The normalized spacial score (nSPS) is 20.8. The average molecular weight is 437 g/mol. The molecule has 0 unspecified atom stereocenters. The van der Waals surface area contributed by atoms with Crippen molar-refractivity contribution in [3.8, 4) is 0 Å². The lowest BCUT2D eigenvalue weighted by Crippen LogP contribution is -2.57. The molecule has 0 radical (unpaired) electrons. The minimum Gasteiger partial charge on any atom is -0.368 e. The molecular formula is C25H29FN4O2. The first-order valence-electron chi connectivity index (χ1n) is 11.6. The molecule has 32 heavy (non-hydrogen) atoms. The van der Waals surface area contributed by atoms with Crippen molar-refractivity contribution in [2.75, 3.05) is 49.1 Å². The number of halogens is 1. The molecule has 3 aliphatic heterocycles. The maximum absolute atomic E-state index is 13.3. The van der Waals surface area contributed by atoms with Crippen LogP contribution in [0.2, 0.25) is 0 Å². The summed E-state index contributed by atoms with van der Waals surface area (Å²) in [4.78, 5) is 34.6. The van der Waals surface area contributed by atoms with E-state index in [0.29, 0.717) is 37.3 Å². The summed E-state index contributed by atoms with van der Waals surface area (Å²) >= 11 is 0. The summed E-state index contributed by atoms with van der Waals surface area (Å²) in [6, 6.07) is 12.0. The van der Waals surface area contributed by atoms with Gasteiger partial charge in [-0.25, -0.2) is 4.39 Å². The highest BCUT2D eigenvalue weighted by Gasteiger charge is 2.38. The average Bonchev–Trinajstić information content (AvgIpc) is 2.84. The van der Waals surface area contributed by atoms with Gasteiger partial charge in [0.15, 0.2) is 0 Å². The molecule has 2 saturated heterocycles. The van der Waals surface area contributed by atoms with Gasteiger partial charge in [-0.3, -0.25) is 9.59 Å². The first-order valence-corrected chi connectivity index (χ1v) is 11.6. The lowest BCUT2D eigenvalue weighted by atomic mass is 9.97. The van der Waals surface area contributed by atoms with Crippen LogP contribution in [0.5, 0.6) is 0 Å². The molecule has 0 aliphatic carbocycles. The third kappa shape index (κ3) is 3.59. The van der Waals surface area contributed by atoms with Gasteiger partial charge in [-0.05, 0) is 68.7 Å². The van der Waals surface area contributed by atoms with E-state index in [1.54, 1.807) is 18.2 Å². The predicted octanol–water partition coefficient (Wildman–Crippen LogP) is 3.58. The summed E-state index contributed by atoms with van der Waals surface area (Å²) in [5.74, 6) is -0.159. The van der Waals surface area contributed by atoms with Crippen molar-refractivity contribution in [1.29, 1.82) is 0 Å². The molecule has 5 rings (SSSR count). The molecule has 0 bridgehead atoms. The second kappa shape index (κ2) is 8.45. The summed E-state index contributed by atoms with van der Waals surface area (Å²) in [5, 5.41) is 0. The highest BCUT2D eigenvalue weighted by Crippen LogP contribution is 2.36. The molecule has 3 aliphatic rings. The fourth-order valence-electron chi connectivity index (χ4n) is 5.26. The Hall–Kier alpha value is -3.09. The lowest BCUT2D eigenvalue weighted by Gasteiger charge is -2.47. The third-order valence-corrected chi connectivity index (χ3v) is 6.98. The van der Waals surface area contributed by atoms with Gasteiger partial charge >= 0.3 is 0 Å². The van der Waals surface area contributed by atoms with Gasteiger partial charge < -0.3 is 19.6 Å². The largest absolute Gasteiger partial charge is 0.368 e. The van der Waals surface area contributed by atoms with Gasteiger partial charge in [0.25, 0.3) is 11.8 Å². The molecule has 3 heterocycles. The molecule has 168 valence electrons. The second-order valence-electron chi connectivity index (χ2n) is 8.75. The summed E-state index contributed by atoms with van der Waals surface area (Å²) in [5.41, 5.74) is 3.19. The summed E-state index contributed by atoms with van der Waals surface area (Å²) in [6.45, 7) is 6.35. The number of hydrogen-bond donors (Lipinski definition) is 0. The number of anilines is 2. The van der Waals surface area contributed by atoms with Gasteiger partial charge in [-0.2, -0.15) is 0 Å². The number of amides is 2. The van der Waals surface area contributed by atoms with Gasteiger partial charge in [-0.15, -0.1) is 0 Å². The highest BCUT2D eigenvalue weighted by atomic mass is 19.1. The van der Waals surface area contributed by atoms with Crippen molar-refractivity contribution >= 4 is 23.2 Å². The number of hydrogen-bond acceptors (Lipinski definition) is 4. The van der Waals surface area contributed by atoms with Crippen LogP contribution in [-0.2, 0) is 0 Å². The van der Waals surface area contributed by atoms with E-state index in [1.807, 2.05) is 21.9 Å². The Balaban J connectivity index is 1.33. The highest BCUT2D eigenvalue weighted by molar-refractivity contribution is 6.04. The Morgan fingerprint density at radius 3 is 2.47 bits per heavy atom. The first kappa shape index (κ1) is 20.8. The Morgan fingerprint density at radius 2 is 1.75 bits per heavy atom. The summed E-state index contributed by atoms with van der Waals surface area (Å²) < 4.78 is 13.2. The van der Waals surface area contributed by atoms with Crippen LogP contribution in [0.15, 0.2) is 42.5 Å². The van der Waals surface area contributed by atoms with E-state index in [2.05, 4.69) is 16.7 Å². The Kier molecular flexibility index (Phi) is 5.49. The van der Waals surface area contributed by atoms with E-state index in [9.17, 15) is 14.0 Å². The van der Waals surface area contributed by atoms with E-state index in [1.165, 1.54) is 12.1 Å². The van der Waals surface area contributed by atoms with Crippen molar-refractivity contribution in [2.45, 2.75) is 32.4 Å². The molecule has 0 N–H and O–H groups in total. The summed E-state index contributed by atoms with van der Waals surface area (Å²) in [7, 11) is 0. The quantitative estimate of drug-likeness (QED) is 0.738. The topological polar surface area (TPSA) is 47.1 Å². The molecular weight excluding hydrogens is 407 g/mol. The molecule has 2 fully saturated rings. The van der Waals surface area contributed by atoms with E-state index < -0.39 is 0 Å². The monoisotopic (exact) mass is 436 g/mol. The summed E-state index contributed by atoms with van der Waals surface area (Å²) in [6.07, 6.45) is 3.24. The maximum Gasteiger partial charge on any atom is 0.257 e. The van der Waals surface area contributed by atoms with Crippen LogP contribution in [0.4, 0.5) is 15.8 Å². The number of carbonyl (C=O) groups excluding carboxylic acids is 2. The number of nitrogens with zero attached hydrogens (tertiary/aromatic N) is 4. The van der Waals surface area contributed by atoms with Crippen molar-refractivity contribution in [3.05, 3.63) is 59.4 Å². The smallest absolute Gasteiger partial charge is 0.257 e. The maximum atomic E-state index is 13.3. The molecule has 0 aromatic heterocycles. The Labute approximate surface area is 188 Å². The fourth-order valence-corrected chi connectivity index (χ4v) is 5.26. The van der Waals surface area contributed by atoms with Crippen LogP contribution in [0.25, 0.3) is 0 Å². The van der Waals surface area contributed by atoms with Crippen LogP contribution in [0.1, 0.15) is 46.9 Å². The molecule has 0 spiro atoms. The van der Waals surface area contributed by atoms with Crippen molar-refractivity contribution in [2.24, 2.45) is 0 Å². The third-order valence-electron chi connectivity index (χ3n) is 6.98. The van der Waals surface area contributed by atoms with Crippen LogP contribution in [0, 0.1) is 5.82 Å². The van der Waals surface area contributed by atoms with Gasteiger partial charge in [0.05, 0.1) is 11.3 Å². The lowest BCUT2D eigenvalue weighted by molar-refractivity contribution is 0.0581. The van der Waals surface area contributed by atoms with Gasteiger partial charge in [-0.1, -0.05) is 0 Å². The van der Waals surface area contributed by atoms with Gasteiger partial charge in [0.1, 0.15) is 12.0 Å². The van der Waals surface area contributed by atoms with E-state index in [0.717, 1.165) is 43.7 Å². The standard InChI is InChI=1S/C25H29FN4O2/c1-2-29-22-17-18(6-11-21(22)25(32)30-12-4-3-5-23(29)30)24(31)28-15-13-27(14-16-28)20-9-7-19(26)8-10-20/h6-11,17,23H,2-5,12-16H2,1H3/t23-/m0/s1. The molecule has 2 aromatic carbocycles. The molecule has 6 nitrogen and oxygen atoms in total. The van der Waals surface area contributed by atoms with Crippen molar-refractivity contribution < 1.29 is 14.0 Å². The predicted molar refractivity (Wildman–Crippen MR) is 123 cm³/mol. The minimum absolute atomic E-state index is 0.00105. The van der Waals surface area contributed by atoms with Crippen LogP contribution in [-0.4, -0.2) is 67.0 Å². The number of carbonyl (C=O) groups is 2. The van der Waals surface area contributed by atoms with E-state index >= 15 is 0 Å². The minimum atomic E-state index is -0.245. The first-order chi connectivity index (χ1) is 15.6. The van der Waals surface area contributed by atoms with Crippen LogP contribution < -0.4 is 9.80 Å². The van der Waals surface area contributed by atoms with Crippen molar-refractivity contribution in [3.63, 3.8) is 0 Å². The second-order valence-corrected chi connectivity index (χ2v) is 8.75. The number of piperidine rings is 1. The Bertz CT molecular complexity index is 1020. The Morgan fingerprint density at radius 1 is 1.00 bits per heavy atom. The fraction of sp³-hybridized carbons (Fsp3) is 0.440. The zero-order valence-electron chi connectivity index (χ0n) is 18.5. The zero-order chi connectivity index (χ0) is 22.2. The van der Waals surface area contributed by atoms with Gasteiger partial charge in [0.2, 0.25) is 0 Å².